The van der Waals surface area contributed by atoms with Gasteiger partial charge in [-0.05, 0) is 28.8 Å². The van der Waals surface area contributed by atoms with Crippen LogP contribution >= 0.6 is 23.7 Å². The smallest absolute Gasteiger partial charge is 0.324 e. The summed E-state index contributed by atoms with van der Waals surface area (Å²) in [6, 6.07) is 1.26. The highest BCUT2D eigenvalue weighted by Gasteiger charge is 2.27. The second-order valence-electron chi connectivity index (χ2n) is 2.82. The third-order valence-electron chi connectivity index (χ3n) is 1.71. The first-order valence-corrected chi connectivity index (χ1v) is 4.78. The van der Waals surface area contributed by atoms with Crippen LogP contribution in [0.5, 0.6) is 0 Å². The van der Waals surface area contributed by atoms with Gasteiger partial charge in [0.05, 0.1) is 0 Å². The van der Waals surface area contributed by atoms with Gasteiger partial charge in [-0.15, -0.1) is 12.4 Å². The molecule has 0 amide bonds. The summed E-state index contributed by atoms with van der Waals surface area (Å²) in [6.07, 6.45) is -4.96. The largest absolute Gasteiger partial charge is 0.389 e. The number of thiophene rings is 1. The van der Waals surface area contributed by atoms with Gasteiger partial charge in [0.2, 0.25) is 0 Å². The van der Waals surface area contributed by atoms with Gasteiger partial charge in [0.15, 0.2) is 0 Å². The van der Waals surface area contributed by atoms with Crippen molar-refractivity contribution in [1.29, 1.82) is 0 Å². The van der Waals surface area contributed by atoms with Crippen LogP contribution < -0.4 is 5.73 Å². The predicted octanol–water partition coefficient (Wildman–Crippen LogP) is 3.51. The zero-order chi connectivity index (χ0) is 9.90. The van der Waals surface area contributed by atoms with Gasteiger partial charge in [0.25, 0.3) is 0 Å². The van der Waals surface area contributed by atoms with E-state index in [4.69, 9.17) is 5.73 Å². The summed E-state index contributed by atoms with van der Waals surface area (Å²) in [5, 5.41) is 3.59. The van der Waals surface area contributed by atoms with Crippen molar-refractivity contribution in [3.63, 3.8) is 0 Å². The van der Waals surface area contributed by atoms with E-state index in [0.717, 1.165) is 5.56 Å². The Labute approximate surface area is 90.5 Å². The first-order chi connectivity index (χ1) is 5.99. The van der Waals surface area contributed by atoms with Crippen LogP contribution in [0.3, 0.4) is 0 Å². The molecule has 0 saturated carbocycles. The summed E-state index contributed by atoms with van der Waals surface area (Å²) in [6.45, 7) is 0. The zero-order valence-corrected chi connectivity index (χ0v) is 8.88. The van der Waals surface area contributed by atoms with Gasteiger partial charge in [-0.2, -0.15) is 24.5 Å². The number of rotatable bonds is 3. The molecule has 0 unspecified atom stereocenters. The molecule has 0 radical (unpaired) electrons. The molecule has 0 aliphatic rings. The Kier molecular flexibility index (Phi) is 5.48. The molecule has 1 aromatic rings. The molecule has 0 bridgehead atoms. The van der Waals surface area contributed by atoms with Gasteiger partial charge in [0, 0.05) is 12.5 Å². The second kappa shape index (κ2) is 5.58. The third kappa shape index (κ3) is 4.83. The molecule has 6 heteroatoms. The number of hydrogen-bond acceptors (Lipinski definition) is 2. The average molecular weight is 246 g/mol. The van der Waals surface area contributed by atoms with E-state index in [0.29, 0.717) is 0 Å². The standard InChI is InChI=1S/C8H10F3NS.ClH/c9-8(10,11)3-1-7(12)6-2-4-13-5-6;/h2,4-5,7H,1,3,12H2;1H/t7-;/m0./s1. The van der Waals surface area contributed by atoms with Crippen LogP contribution in [-0.4, -0.2) is 6.18 Å². The SMILES string of the molecule is Cl.N[C@@H](CCC(F)(F)F)c1ccsc1. The summed E-state index contributed by atoms with van der Waals surface area (Å²) >= 11 is 1.44. The summed E-state index contributed by atoms with van der Waals surface area (Å²) in [5.41, 5.74) is 6.34. The highest BCUT2D eigenvalue weighted by molar-refractivity contribution is 7.07. The molecule has 0 spiro atoms. The molecule has 0 aliphatic heterocycles. The summed E-state index contributed by atoms with van der Waals surface area (Å²) in [7, 11) is 0. The van der Waals surface area contributed by atoms with Crippen molar-refractivity contribution >= 4 is 23.7 Å². The summed E-state index contributed by atoms with van der Waals surface area (Å²) in [5.74, 6) is 0. The van der Waals surface area contributed by atoms with Gasteiger partial charge in [-0.3, -0.25) is 0 Å². The number of alkyl halides is 3. The molecule has 82 valence electrons. The van der Waals surface area contributed by atoms with Crippen LogP contribution in [0.25, 0.3) is 0 Å². The fraction of sp³-hybridized carbons (Fsp3) is 0.500. The summed E-state index contributed by atoms with van der Waals surface area (Å²) in [4.78, 5) is 0. The minimum Gasteiger partial charge on any atom is -0.324 e. The molecule has 14 heavy (non-hydrogen) atoms. The number of halogens is 4. The van der Waals surface area contributed by atoms with Crippen molar-refractivity contribution in [2.45, 2.75) is 25.1 Å². The molecule has 0 saturated heterocycles. The van der Waals surface area contributed by atoms with Gasteiger partial charge >= 0.3 is 6.18 Å². The maximum atomic E-state index is 11.8. The fourth-order valence-corrected chi connectivity index (χ4v) is 1.70. The van der Waals surface area contributed by atoms with Crippen molar-refractivity contribution < 1.29 is 13.2 Å². The van der Waals surface area contributed by atoms with Crippen LogP contribution in [0.15, 0.2) is 16.8 Å². The lowest BCUT2D eigenvalue weighted by atomic mass is 10.1. The topological polar surface area (TPSA) is 26.0 Å². The second-order valence-corrected chi connectivity index (χ2v) is 3.60. The molecule has 0 fully saturated rings. The van der Waals surface area contributed by atoms with Crippen LogP contribution in [0.1, 0.15) is 24.4 Å². The van der Waals surface area contributed by atoms with Crippen molar-refractivity contribution in [2.24, 2.45) is 5.73 Å². The van der Waals surface area contributed by atoms with Crippen molar-refractivity contribution in [3.05, 3.63) is 22.4 Å². The fourth-order valence-electron chi connectivity index (χ4n) is 0.972. The number of hydrogen-bond donors (Lipinski definition) is 1. The quantitative estimate of drug-likeness (QED) is 0.867. The van der Waals surface area contributed by atoms with Crippen LogP contribution in [0.4, 0.5) is 13.2 Å². The lowest BCUT2D eigenvalue weighted by Crippen LogP contribution is -2.15. The maximum absolute atomic E-state index is 11.8. The average Bonchev–Trinajstić information content (AvgIpc) is 2.50. The molecule has 1 heterocycles. The molecule has 0 aromatic carbocycles. The Morgan fingerprint density at radius 1 is 1.43 bits per heavy atom. The van der Waals surface area contributed by atoms with E-state index in [1.165, 1.54) is 11.3 Å². The Balaban J connectivity index is 0.00000169. The molecule has 1 atom stereocenters. The molecular weight excluding hydrogens is 235 g/mol. The lowest BCUT2D eigenvalue weighted by Gasteiger charge is -2.11. The van der Waals surface area contributed by atoms with E-state index in [1.54, 1.807) is 11.4 Å². The van der Waals surface area contributed by atoms with E-state index >= 15 is 0 Å². The monoisotopic (exact) mass is 245 g/mol. The summed E-state index contributed by atoms with van der Waals surface area (Å²) < 4.78 is 35.4. The number of nitrogens with two attached hydrogens (primary N) is 1. The molecule has 1 rings (SSSR count). The Morgan fingerprint density at radius 3 is 2.50 bits per heavy atom. The minimum absolute atomic E-state index is 0. The first kappa shape index (κ1) is 13.7. The van der Waals surface area contributed by atoms with Crippen molar-refractivity contribution in [1.82, 2.24) is 0 Å². The molecule has 1 aromatic heterocycles. The zero-order valence-electron chi connectivity index (χ0n) is 7.25. The van der Waals surface area contributed by atoms with Gasteiger partial charge in [-0.25, -0.2) is 0 Å². The molecule has 2 N–H and O–H groups in total. The molecule has 1 nitrogen and oxygen atoms in total. The first-order valence-electron chi connectivity index (χ1n) is 3.83. The Hall–Kier alpha value is -0.260. The molecule has 0 aliphatic carbocycles. The van der Waals surface area contributed by atoms with E-state index in [1.807, 2.05) is 5.38 Å². The van der Waals surface area contributed by atoms with Crippen molar-refractivity contribution in [3.8, 4) is 0 Å². The Bertz CT molecular complexity index is 248. The molecular formula is C8H11ClF3NS. The maximum Gasteiger partial charge on any atom is 0.389 e. The minimum atomic E-state index is -4.10. The van der Waals surface area contributed by atoms with E-state index < -0.39 is 18.6 Å². The Morgan fingerprint density at radius 2 is 2.07 bits per heavy atom. The van der Waals surface area contributed by atoms with Gasteiger partial charge in [-0.1, -0.05) is 0 Å². The normalized spacial score (nSPS) is 13.4. The van der Waals surface area contributed by atoms with Crippen molar-refractivity contribution in [2.75, 3.05) is 0 Å². The van der Waals surface area contributed by atoms with E-state index in [9.17, 15) is 13.2 Å². The predicted molar refractivity (Wildman–Crippen MR) is 53.8 cm³/mol. The lowest BCUT2D eigenvalue weighted by molar-refractivity contribution is -0.136. The van der Waals surface area contributed by atoms with Gasteiger partial charge < -0.3 is 5.73 Å². The van der Waals surface area contributed by atoms with E-state index in [2.05, 4.69) is 0 Å². The third-order valence-corrected chi connectivity index (χ3v) is 2.41. The van der Waals surface area contributed by atoms with Crippen LogP contribution in [0, 0.1) is 0 Å². The highest BCUT2D eigenvalue weighted by atomic mass is 35.5. The van der Waals surface area contributed by atoms with Crippen LogP contribution in [-0.2, 0) is 0 Å². The highest BCUT2D eigenvalue weighted by Crippen LogP contribution is 2.26. The van der Waals surface area contributed by atoms with Crippen LogP contribution in [0.2, 0.25) is 0 Å². The van der Waals surface area contributed by atoms with E-state index in [-0.39, 0.29) is 18.8 Å². The van der Waals surface area contributed by atoms with Gasteiger partial charge in [0.1, 0.15) is 0 Å².